The number of nitrogens with zero attached hydrogens (tertiary/aromatic N) is 3. The highest BCUT2D eigenvalue weighted by Gasteiger charge is 2.28. The first-order chi connectivity index (χ1) is 20.6. The Morgan fingerprint density at radius 3 is 2.44 bits per heavy atom. The van der Waals surface area contributed by atoms with Crippen LogP contribution >= 0.6 is 11.3 Å². The van der Waals surface area contributed by atoms with Gasteiger partial charge in [0.25, 0.3) is 0 Å². The van der Waals surface area contributed by atoms with E-state index in [-0.39, 0.29) is 12.2 Å². The smallest absolute Gasteiger partial charge is 0.355 e. The maximum Gasteiger partial charge on any atom is 0.355 e. The minimum atomic E-state index is -4.22. The number of rotatable bonds is 9. The maximum atomic E-state index is 14.9. The predicted molar refractivity (Wildman–Crippen MR) is 161 cm³/mol. The van der Waals surface area contributed by atoms with Crippen LogP contribution in [0, 0.1) is 23.1 Å². The van der Waals surface area contributed by atoms with Gasteiger partial charge in [-0.15, -0.1) is 11.3 Å². The Labute approximate surface area is 251 Å². The molecule has 2 heterocycles. The third kappa shape index (κ3) is 5.99. The molecule has 216 valence electrons. The largest absolute Gasteiger partial charge is 0.476 e. The number of benzene rings is 3. The van der Waals surface area contributed by atoms with Crippen molar-refractivity contribution in [2.45, 2.75) is 30.7 Å². The Morgan fingerprint density at radius 2 is 1.81 bits per heavy atom. The second-order valence-electron chi connectivity index (χ2n) is 10.5. The summed E-state index contributed by atoms with van der Waals surface area (Å²) in [5, 5.41) is 26.0. The molecule has 0 aliphatic heterocycles. The number of aromatic nitrogens is 2. The lowest BCUT2D eigenvalue weighted by Crippen LogP contribution is -2.14. The molecule has 11 heteroatoms. The first-order valence-corrected chi connectivity index (χ1v) is 15.9. The highest BCUT2D eigenvalue weighted by atomic mass is 32.2. The van der Waals surface area contributed by atoms with Crippen LogP contribution in [-0.4, -0.2) is 29.0 Å². The number of primary sulfonamides is 1. The summed E-state index contributed by atoms with van der Waals surface area (Å²) in [6, 6.07) is 23.3. The van der Waals surface area contributed by atoms with Crippen molar-refractivity contribution in [3.8, 4) is 39.0 Å². The monoisotopic (exact) mass is 612 g/mol. The van der Waals surface area contributed by atoms with Crippen molar-refractivity contribution in [3.05, 3.63) is 107 Å². The molecule has 5 aromatic rings. The molecule has 1 fully saturated rings. The van der Waals surface area contributed by atoms with E-state index in [0.717, 1.165) is 52.9 Å². The van der Waals surface area contributed by atoms with Crippen LogP contribution in [0.4, 0.5) is 4.39 Å². The number of halogens is 1. The van der Waals surface area contributed by atoms with E-state index in [0.29, 0.717) is 22.1 Å². The standard InChI is InChI=1S/C32H25FN4O4S2/c33-26-12-21(8-11-30(26)43(35,40)41)17-37-28(24-3-1-2-23(14-24)22-9-6-20(16-34)7-10-22)15-25(29(37)13-19-4-5-19)31-36-27(18-42-31)32(38)39/h1-3,6-12,14-15,18-19H,4-5,13,17H2,(H,38,39)(H2,35,40,41). The average Bonchev–Trinajstić information content (AvgIpc) is 3.54. The van der Waals surface area contributed by atoms with Gasteiger partial charge in [0, 0.05) is 28.9 Å². The van der Waals surface area contributed by atoms with Gasteiger partial charge in [0.1, 0.15) is 15.7 Å². The van der Waals surface area contributed by atoms with Gasteiger partial charge in [-0.25, -0.2) is 27.7 Å². The molecule has 43 heavy (non-hydrogen) atoms. The Morgan fingerprint density at radius 1 is 1.07 bits per heavy atom. The number of nitriles is 1. The number of sulfonamides is 1. The van der Waals surface area contributed by atoms with Crippen molar-refractivity contribution in [1.82, 2.24) is 9.55 Å². The molecule has 0 unspecified atom stereocenters. The number of aromatic carboxylic acids is 1. The van der Waals surface area contributed by atoms with Gasteiger partial charge in [-0.1, -0.05) is 36.4 Å². The highest BCUT2D eigenvalue weighted by Crippen LogP contribution is 2.41. The fourth-order valence-corrected chi connectivity index (χ4v) is 6.58. The van der Waals surface area contributed by atoms with E-state index in [1.165, 1.54) is 28.8 Å². The first-order valence-electron chi connectivity index (χ1n) is 13.4. The van der Waals surface area contributed by atoms with Gasteiger partial charge in [-0.05, 0) is 83.8 Å². The lowest BCUT2D eigenvalue weighted by atomic mass is 10.0. The number of carboxylic acid groups (broad SMARTS) is 1. The third-order valence-electron chi connectivity index (χ3n) is 7.49. The van der Waals surface area contributed by atoms with Gasteiger partial charge in [0.05, 0.1) is 11.6 Å². The van der Waals surface area contributed by atoms with Gasteiger partial charge in [0.2, 0.25) is 10.0 Å². The van der Waals surface area contributed by atoms with E-state index >= 15 is 0 Å². The summed E-state index contributed by atoms with van der Waals surface area (Å²) in [7, 11) is -4.22. The van der Waals surface area contributed by atoms with Gasteiger partial charge < -0.3 is 9.67 Å². The lowest BCUT2D eigenvalue weighted by molar-refractivity contribution is 0.0691. The van der Waals surface area contributed by atoms with Crippen LogP contribution in [0.5, 0.6) is 0 Å². The van der Waals surface area contributed by atoms with E-state index in [1.807, 2.05) is 42.5 Å². The fraction of sp³-hybridized carbons (Fsp3) is 0.156. The number of carbonyl (C=O) groups is 1. The summed E-state index contributed by atoms with van der Waals surface area (Å²) in [6.07, 6.45) is 2.87. The Kier molecular flexibility index (Phi) is 7.43. The van der Waals surface area contributed by atoms with E-state index in [2.05, 4.69) is 15.6 Å². The minimum Gasteiger partial charge on any atom is -0.476 e. The summed E-state index contributed by atoms with van der Waals surface area (Å²) in [5.41, 5.74) is 6.40. The SMILES string of the molecule is N#Cc1ccc(-c2cccc(-c3cc(-c4nc(C(=O)O)cs4)c(CC4CC4)n3Cc3ccc(S(N)(=O)=O)c(F)c3)c2)cc1. The van der Waals surface area contributed by atoms with E-state index in [1.54, 1.807) is 18.2 Å². The zero-order valence-electron chi connectivity index (χ0n) is 22.7. The Hall–Kier alpha value is -4.63. The lowest BCUT2D eigenvalue weighted by Gasteiger charge is -2.16. The molecule has 2 aromatic heterocycles. The van der Waals surface area contributed by atoms with Crippen molar-refractivity contribution in [1.29, 1.82) is 5.26 Å². The van der Waals surface area contributed by atoms with Crippen LogP contribution in [0.3, 0.4) is 0 Å². The quantitative estimate of drug-likeness (QED) is 0.200. The second kappa shape index (κ2) is 11.2. The molecule has 0 radical (unpaired) electrons. The zero-order valence-corrected chi connectivity index (χ0v) is 24.3. The van der Waals surface area contributed by atoms with Gasteiger partial charge in [-0.2, -0.15) is 5.26 Å². The van der Waals surface area contributed by atoms with Crippen LogP contribution in [0.15, 0.2) is 83.1 Å². The molecule has 0 bridgehead atoms. The van der Waals surface area contributed by atoms with Gasteiger partial charge >= 0.3 is 5.97 Å². The molecule has 1 aliphatic rings. The molecule has 1 saturated carbocycles. The van der Waals surface area contributed by atoms with Crippen molar-refractivity contribution in [2.24, 2.45) is 11.1 Å². The molecular weight excluding hydrogens is 588 g/mol. The summed E-state index contributed by atoms with van der Waals surface area (Å²) in [5.74, 6) is -1.57. The van der Waals surface area contributed by atoms with Crippen molar-refractivity contribution >= 4 is 27.3 Å². The summed E-state index contributed by atoms with van der Waals surface area (Å²) in [4.78, 5) is 15.5. The Bertz CT molecular complexity index is 2020. The van der Waals surface area contributed by atoms with Crippen LogP contribution < -0.4 is 5.14 Å². The summed E-state index contributed by atoms with van der Waals surface area (Å²) < 4.78 is 40.6. The van der Waals surface area contributed by atoms with Gasteiger partial charge in [-0.3, -0.25) is 0 Å². The second-order valence-corrected chi connectivity index (χ2v) is 12.9. The molecule has 0 spiro atoms. The van der Waals surface area contributed by atoms with Gasteiger partial charge in [0.15, 0.2) is 5.69 Å². The van der Waals surface area contributed by atoms with E-state index in [4.69, 9.17) is 5.14 Å². The molecule has 8 nitrogen and oxygen atoms in total. The molecule has 1 aliphatic carbocycles. The third-order valence-corrected chi connectivity index (χ3v) is 9.31. The van der Waals surface area contributed by atoms with Crippen molar-refractivity contribution in [2.75, 3.05) is 0 Å². The Balaban J connectivity index is 1.51. The number of hydrogen-bond donors (Lipinski definition) is 2. The van der Waals surface area contributed by atoms with E-state index in [9.17, 15) is 28.0 Å². The molecule has 3 aromatic carbocycles. The minimum absolute atomic E-state index is 0.0323. The topological polar surface area (TPSA) is 139 Å². The molecule has 6 rings (SSSR count). The number of hydrogen-bond acceptors (Lipinski definition) is 6. The predicted octanol–water partition coefficient (Wildman–Crippen LogP) is 6.30. The summed E-state index contributed by atoms with van der Waals surface area (Å²) in [6.45, 7) is 0.234. The molecule has 0 amide bonds. The highest BCUT2D eigenvalue weighted by molar-refractivity contribution is 7.89. The van der Waals surface area contributed by atoms with Crippen LogP contribution in [0.1, 0.15) is 40.2 Å². The average molecular weight is 613 g/mol. The molecule has 0 saturated heterocycles. The molecule has 3 N–H and O–H groups in total. The first kappa shape index (κ1) is 28.5. The van der Waals surface area contributed by atoms with Crippen LogP contribution in [0.2, 0.25) is 0 Å². The van der Waals surface area contributed by atoms with Crippen LogP contribution in [0.25, 0.3) is 33.0 Å². The zero-order chi connectivity index (χ0) is 30.3. The van der Waals surface area contributed by atoms with Crippen molar-refractivity contribution < 1.29 is 22.7 Å². The van der Waals surface area contributed by atoms with Crippen molar-refractivity contribution in [3.63, 3.8) is 0 Å². The molecule has 0 atom stereocenters. The number of thiazole rings is 1. The summed E-state index contributed by atoms with van der Waals surface area (Å²) >= 11 is 1.25. The van der Waals surface area contributed by atoms with Crippen LogP contribution in [-0.2, 0) is 23.0 Å². The maximum absolute atomic E-state index is 14.9. The molecular formula is C32H25FN4O4S2. The normalized spacial score (nSPS) is 13.1. The number of carboxylic acids is 1. The fourth-order valence-electron chi connectivity index (χ4n) is 5.16. The van der Waals surface area contributed by atoms with E-state index < -0.39 is 26.7 Å². The number of nitrogens with two attached hydrogens (primary N) is 1.